The number of nitrogens with zero attached hydrogens (tertiary/aromatic N) is 2. The molecule has 0 aliphatic carbocycles. The number of hydrogen-bond donors (Lipinski definition) is 1. The number of amides is 1. The van der Waals surface area contributed by atoms with E-state index in [0.29, 0.717) is 5.56 Å². The van der Waals surface area contributed by atoms with Gasteiger partial charge >= 0.3 is 0 Å². The molecule has 0 aromatic heterocycles. The Bertz CT molecular complexity index is 1190. The van der Waals surface area contributed by atoms with Gasteiger partial charge in [0.2, 0.25) is 0 Å². The van der Waals surface area contributed by atoms with E-state index >= 15 is 0 Å². The first kappa shape index (κ1) is 21.6. The average molecular weight is 440 g/mol. The van der Waals surface area contributed by atoms with Gasteiger partial charge in [0.15, 0.2) is 5.78 Å². The van der Waals surface area contributed by atoms with Crippen LogP contribution in [-0.2, 0) is 0 Å². The van der Waals surface area contributed by atoms with Crippen molar-refractivity contribution in [1.82, 2.24) is 0 Å². The zero-order valence-electron chi connectivity index (χ0n) is 16.0. The summed E-state index contributed by atoms with van der Waals surface area (Å²) in [4.78, 5) is 46.6. The highest BCUT2D eigenvalue weighted by Crippen LogP contribution is 2.30. The van der Waals surface area contributed by atoms with Crippen LogP contribution in [-0.4, -0.2) is 21.5 Å². The molecule has 1 amide bonds. The van der Waals surface area contributed by atoms with Crippen molar-refractivity contribution < 1.29 is 19.4 Å². The van der Waals surface area contributed by atoms with Gasteiger partial charge in [0.25, 0.3) is 17.3 Å². The monoisotopic (exact) mass is 439 g/mol. The van der Waals surface area contributed by atoms with Crippen molar-refractivity contribution in [2.45, 2.75) is 6.92 Å². The molecule has 0 heterocycles. The van der Waals surface area contributed by atoms with Crippen LogP contribution in [0.25, 0.3) is 0 Å². The smallest absolute Gasteiger partial charge is 0.279 e. The minimum atomic E-state index is -0.851. The van der Waals surface area contributed by atoms with E-state index in [-0.39, 0.29) is 27.4 Å². The predicted octanol–water partition coefficient (Wildman–Crippen LogP) is 4.95. The summed E-state index contributed by atoms with van der Waals surface area (Å²) in [5.41, 5.74) is -1.01. The quantitative estimate of drug-likeness (QED) is 0.328. The third kappa shape index (κ3) is 4.57. The van der Waals surface area contributed by atoms with Gasteiger partial charge in [-0.3, -0.25) is 29.8 Å². The number of benzene rings is 3. The van der Waals surface area contributed by atoms with Crippen molar-refractivity contribution in [3.05, 3.63) is 108 Å². The SMILES string of the molecule is Cc1c([N+](=O)[O-])cc(C(=O)Nc2ccc(Cl)cc2C(=O)c2ccccc2)cc1[N+](=O)[O-]. The summed E-state index contributed by atoms with van der Waals surface area (Å²) in [6, 6.07) is 14.5. The standard InChI is InChI=1S/C21H14ClN3O6/c1-12-18(24(28)29)9-14(10-19(12)25(30)31)21(27)23-17-8-7-15(22)11-16(17)20(26)13-5-3-2-4-6-13/h2-11H,1H3,(H,23,27). The van der Waals surface area contributed by atoms with E-state index in [1.165, 1.54) is 25.1 Å². The summed E-state index contributed by atoms with van der Waals surface area (Å²) in [5.74, 6) is -1.25. The van der Waals surface area contributed by atoms with Gasteiger partial charge in [-0.05, 0) is 25.1 Å². The lowest BCUT2D eigenvalue weighted by atomic mass is 10.0. The van der Waals surface area contributed by atoms with E-state index in [1.54, 1.807) is 30.3 Å². The third-order valence-corrected chi connectivity index (χ3v) is 4.75. The lowest BCUT2D eigenvalue weighted by molar-refractivity contribution is -0.395. The molecule has 0 bridgehead atoms. The minimum absolute atomic E-state index is 0.100. The number of ketones is 1. The van der Waals surface area contributed by atoms with Crippen molar-refractivity contribution in [2.75, 3.05) is 5.32 Å². The number of anilines is 1. The van der Waals surface area contributed by atoms with E-state index in [9.17, 15) is 29.8 Å². The van der Waals surface area contributed by atoms with E-state index in [4.69, 9.17) is 11.6 Å². The first-order chi connectivity index (χ1) is 14.7. The summed E-state index contributed by atoms with van der Waals surface area (Å²) >= 11 is 6.02. The molecule has 9 nitrogen and oxygen atoms in total. The second kappa shape index (κ2) is 8.72. The Morgan fingerprint density at radius 1 is 0.871 bits per heavy atom. The van der Waals surface area contributed by atoms with E-state index in [0.717, 1.165) is 12.1 Å². The van der Waals surface area contributed by atoms with Crippen LogP contribution in [0, 0.1) is 27.2 Å². The molecule has 0 aliphatic rings. The maximum absolute atomic E-state index is 12.9. The molecular weight excluding hydrogens is 426 g/mol. The Morgan fingerprint density at radius 2 is 1.45 bits per heavy atom. The normalized spacial score (nSPS) is 10.4. The number of nitrogens with one attached hydrogen (secondary N) is 1. The topological polar surface area (TPSA) is 132 Å². The number of halogens is 1. The van der Waals surface area contributed by atoms with Crippen LogP contribution in [0.4, 0.5) is 17.1 Å². The fourth-order valence-electron chi connectivity index (χ4n) is 2.95. The number of rotatable bonds is 6. The van der Waals surface area contributed by atoms with Crippen LogP contribution in [0.2, 0.25) is 5.02 Å². The lowest BCUT2D eigenvalue weighted by Crippen LogP contribution is -2.16. The molecule has 0 fully saturated rings. The summed E-state index contributed by atoms with van der Waals surface area (Å²) in [5, 5.41) is 25.3. The highest BCUT2D eigenvalue weighted by molar-refractivity contribution is 6.31. The maximum Gasteiger partial charge on any atom is 0.279 e. The van der Waals surface area contributed by atoms with Crippen molar-refractivity contribution in [3.8, 4) is 0 Å². The second-order valence-corrected chi connectivity index (χ2v) is 6.93. The van der Waals surface area contributed by atoms with Crippen LogP contribution in [0.1, 0.15) is 31.8 Å². The molecular formula is C21H14ClN3O6. The van der Waals surface area contributed by atoms with E-state index < -0.39 is 32.9 Å². The van der Waals surface area contributed by atoms with Gasteiger partial charge in [-0.1, -0.05) is 41.9 Å². The Kier molecular flexibility index (Phi) is 6.07. The fourth-order valence-corrected chi connectivity index (χ4v) is 3.12. The molecule has 0 saturated carbocycles. The summed E-state index contributed by atoms with van der Waals surface area (Å²) in [7, 11) is 0. The minimum Gasteiger partial charge on any atom is -0.321 e. The van der Waals surface area contributed by atoms with Gasteiger partial charge in [-0.15, -0.1) is 0 Å². The van der Waals surface area contributed by atoms with Gasteiger partial charge in [0.1, 0.15) is 5.56 Å². The molecule has 0 aliphatic heterocycles. The molecule has 156 valence electrons. The highest BCUT2D eigenvalue weighted by Gasteiger charge is 2.26. The molecule has 0 atom stereocenters. The zero-order valence-corrected chi connectivity index (χ0v) is 16.8. The van der Waals surface area contributed by atoms with Crippen LogP contribution in [0.15, 0.2) is 60.7 Å². The summed E-state index contributed by atoms with van der Waals surface area (Å²) in [6.45, 7) is 1.23. The van der Waals surface area contributed by atoms with Gasteiger partial charge in [-0.2, -0.15) is 0 Å². The Morgan fingerprint density at radius 3 is 2.00 bits per heavy atom. The zero-order chi connectivity index (χ0) is 22.7. The van der Waals surface area contributed by atoms with Crippen LogP contribution >= 0.6 is 11.6 Å². The van der Waals surface area contributed by atoms with Gasteiger partial charge < -0.3 is 5.32 Å². The first-order valence-corrected chi connectivity index (χ1v) is 9.21. The fraction of sp³-hybridized carbons (Fsp3) is 0.0476. The molecule has 0 saturated heterocycles. The molecule has 0 radical (unpaired) electrons. The predicted molar refractivity (Wildman–Crippen MR) is 114 cm³/mol. The van der Waals surface area contributed by atoms with E-state index in [1.807, 2.05) is 0 Å². The molecule has 3 rings (SSSR count). The molecule has 0 spiro atoms. The average Bonchev–Trinajstić information content (AvgIpc) is 2.74. The van der Waals surface area contributed by atoms with Gasteiger partial charge in [-0.25, -0.2) is 0 Å². The van der Waals surface area contributed by atoms with Crippen molar-refractivity contribution in [2.24, 2.45) is 0 Å². The molecule has 0 unspecified atom stereocenters. The Labute approximate surface area is 180 Å². The van der Waals surface area contributed by atoms with Gasteiger partial charge in [0, 0.05) is 28.3 Å². The van der Waals surface area contributed by atoms with Crippen molar-refractivity contribution >= 4 is 40.4 Å². The lowest BCUT2D eigenvalue weighted by Gasteiger charge is -2.12. The second-order valence-electron chi connectivity index (χ2n) is 6.49. The molecule has 3 aromatic rings. The summed E-state index contributed by atoms with van der Waals surface area (Å²) < 4.78 is 0. The Hall–Kier alpha value is -4.11. The first-order valence-electron chi connectivity index (χ1n) is 8.83. The number of carbonyl (C=O) groups is 2. The van der Waals surface area contributed by atoms with E-state index in [2.05, 4.69) is 5.32 Å². The highest BCUT2D eigenvalue weighted by atomic mass is 35.5. The van der Waals surface area contributed by atoms with Crippen LogP contribution < -0.4 is 5.32 Å². The maximum atomic E-state index is 12.9. The van der Waals surface area contributed by atoms with Crippen molar-refractivity contribution in [1.29, 1.82) is 0 Å². The largest absolute Gasteiger partial charge is 0.321 e. The molecule has 3 aromatic carbocycles. The molecule has 1 N–H and O–H groups in total. The molecule has 31 heavy (non-hydrogen) atoms. The van der Waals surface area contributed by atoms with Gasteiger partial charge in [0.05, 0.1) is 21.1 Å². The van der Waals surface area contributed by atoms with Crippen LogP contribution in [0.3, 0.4) is 0 Å². The Balaban J connectivity index is 2.02. The number of carbonyl (C=O) groups excluding carboxylic acids is 2. The number of nitro groups is 2. The summed E-state index contributed by atoms with van der Waals surface area (Å²) in [6.07, 6.45) is 0. The third-order valence-electron chi connectivity index (χ3n) is 4.52. The number of hydrogen-bond acceptors (Lipinski definition) is 6. The van der Waals surface area contributed by atoms with Crippen molar-refractivity contribution in [3.63, 3.8) is 0 Å². The number of nitro benzene ring substituents is 2. The van der Waals surface area contributed by atoms with Crippen LogP contribution in [0.5, 0.6) is 0 Å². The molecule has 10 heteroatoms.